The highest BCUT2D eigenvalue weighted by atomic mass is 35.5. The lowest BCUT2D eigenvalue weighted by Gasteiger charge is -2.27. The van der Waals surface area contributed by atoms with E-state index < -0.39 is 11.9 Å². The van der Waals surface area contributed by atoms with Crippen molar-refractivity contribution >= 4 is 58.0 Å². The number of carbonyl (C=O) groups excluding carboxylic acids is 2. The Bertz CT molecular complexity index is 1480. The van der Waals surface area contributed by atoms with Crippen LogP contribution in [-0.4, -0.2) is 34.9 Å². The average molecular weight is 516 g/mol. The van der Waals surface area contributed by atoms with Crippen molar-refractivity contribution in [3.8, 4) is 11.5 Å². The van der Waals surface area contributed by atoms with Gasteiger partial charge in [0.05, 0.1) is 23.9 Å². The van der Waals surface area contributed by atoms with Gasteiger partial charge in [-0.3, -0.25) is 15.1 Å². The van der Waals surface area contributed by atoms with Gasteiger partial charge in [-0.05, 0) is 53.6 Å². The number of hydrogen-bond acceptors (Lipinski definition) is 6. The lowest BCUT2D eigenvalue weighted by atomic mass is 10.1. The number of nitrogens with one attached hydrogen (secondary N) is 1. The molecule has 0 bridgehead atoms. The molecule has 0 aliphatic carbocycles. The van der Waals surface area contributed by atoms with Gasteiger partial charge in [-0.25, -0.2) is 4.79 Å². The first-order chi connectivity index (χ1) is 17.4. The van der Waals surface area contributed by atoms with E-state index in [4.69, 9.17) is 26.5 Å². The molecule has 2 aliphatic rings. The molecule has 0 spiro atoms. The predicted molar refractivity (Wildman–Crippen MR) is 141 cm³/mol. The monoisotopic (exact) mass is 515 g/mol. The van der Waals surface area contributed by atoms with Gasteiger partial charge in [-0.15, -0.1) is 0 Å². The van der Waals surface area contributed by atoms with Crippen molar-refractivity contribution in [2.45, 2.75) is 0 Å². The molecule has 0 saturated heterocycles. The van der Waals surface area contributed by atoms with Crippen molar-refractivity contribution in [3.63, 3.8) is 0 Å². The Labute approximate surface area is 216 Å². The summed E-state index contributed by atoms with van der Waals surface area (Å²) < 4.78 is 10.9. The van der Waals surface area contributed by atoms with E-state index in [0.717, 1.165) is 11.3 Å². The number of amides is 1. The van der Waals surface area contributed by atoms with Crippen LogP contribution in [0.25, 0.3) is 11.8 Å². The number of esters is 1. The summed E-state index contributed by atoms with van der Waals surface area (Å²) in [6.45, 7) is 0. The van der Waals surface area contributed by atoms with Gasteiger partial charge in [0, 0.05) is 10.4 Å². The summed E-state index contributed by atoms with van der Waals surface area (Å²) in [5.41, 5.74) is 2.76. The van der Waals surface area contributed by atoms with Gasteiger partial charge >= 0.3 is 5.97 Å². The van der Waals surface area contributed by atoms with Crippen molar-refractivity contribution in [2.75, 3.05) is 7.11 Å². The maximum atomic E-state index is 12.8. The summed E-state index contributed by atoms with van der Waals surface area (Å²) in [6.07, 6.45) is 1.57. The molecule has 0 aromatic heterocycles. The van der Waals surface area contributed by atoms with Crippen LogP contribution in [0.1, 0.15) is 21.5 Å². The van der Waals surface area contributed by atoms with Gasteiger partial charge in [0.25, 0.3) is 5.91 Å². The van der Waals surface area contributed by atoms with Crippen molar-refractivity contribution < 1.29 is 19.1 Å². The first-order valence-electron chi connectivity index (χ1n) is 10.8. The van der Waals surface area contributed by atoms with E-state index in [-0.39, 0.29) is 17.2 Å². The second kappa shape index (κ2) is 9.85. The number of amidine groups is 2. The zero-order valence-electron chi connectivity index (χ0n) is 18.9. The lowest BCUT2D eigenvalue weighted by molar-refractivity contribution is -0.114. The average Bonchev–Trinajstić information content (AvgIpc) is 3.32. The molecule has 0 radical (unpaired) electrons. The van der Waals surface area contributed by atoms with Crippen molar-refractivity contribution in [1.29, 1.82) is 5.41 Å². The number of rotatable bonds is 5. The summed E-state index contributed by atoms with van der Waals surface area (Å²) in [4.78, 5) is 31.1. The number of carbonyl (C=O) groups is 2. The summed E-state index contributed by atoms with van der Waals surface area (Å²) >= 11 is 7.19. The lowest BCUT2D eigenvalue weighted by Crippen LogP contribution is -2.38. The molecule has 9 heteroatoms. The fourth-order valence-electron chi connectivity index (χ4n) is 3.68. The number of hydrogen-bond donors (Lipinski definition) is 1. The fraction of sp³-hybridized carbons (Fsp3) is 0.0370. The number of halogens is 1. The van der Waals surface area contributed by atoms with Gasteiger partial charge in [0.15, 0.2) is 16.7 Å². The van der Waals surface area contributed by atoms with Gasteiger partial charge in [-0.2, -0.15) is 4.99 Å². The summed E-state index contributed by atoms with van der Waals surface area (Å²) in [5.74, 6) is -0.516. The van der Waals surface area contributed by atoms with E-state index in [1.807, 2.05) is 35.7 Å². The molecule has 1 N–H and O–H groups in total. The van der Waals surface area contributed by atoms with Crippen LogP contribution in [0.2, 0.25) is 5.02 Å². The minimum atomic E-state index is -0.561. The second-order valence-electron chi connectivity index (χ2n) is 7.74. The fourth-order valence-corrected chi connectivity index (χ4v) is 4.70. The number of thioether (sulfide) groups is 1. The Morgan fingerprint density at radius 2 is 1.81 bits per heavy atom. The third kappa shape index (κ3) is 4.56. The van der Waals surface area contributed by atoms with Crippen molar-refractivity contribution in [3.05, 3.63) is 105 Å². The molecule has 5 rings (SSSR count). The maximum absolute atomic E-state index is 12.8. The number of benzene rings is 3. The number of aliphatic imine (C=N–C) groups is 1. The molecular weight excluding hydrogens is 498 g/mol. The van der Waals surface area contributed by atoms with Crippen LogP contribution in [0.4, 0.5) is 0 Å². The Morgan fingerprint density at radius 1 is 1.06 bits per heavy atom. The number of ether oxygens (including phenoxy) is 2. The van der Waals surface area contributed by atoms with E-state index in [1.54, 1.807) is 53.4 Å². The van der Waals surface area contributed by atoms with E-state index in [2.05, 4.69) is 4.99 Å². The summed E-state index contributed by atoms with van der Waals surface area (Å²) in [7, 11) is 1.45. The van der Waals surface area contributed by atoms with Gasteiger partial charge < -0.3 is 9.47 Å². The topological polar surface area (TPSA) is 92.1 Å². The second-order valence-corrected chi connectivity index (χ2v) is 9.01. The highest BCUT2D eigenvalue weighted by Crippen LogP contribution is 2.38. The molecule has 2 aliphatic heterocycles. The van der Waals surface area contributed by atoms with E-state index >= 15 is 0 Å². The van der Waals surface area contributed by atoms with E-state index in [9.17, 15) is 9.59 Å². The molecule has 0 fully saturated rings. The van der Waals surface area contributed by atoms with Crippen LogP contribution in [0.3, 0.4) is 0 Å². The van der Waals surface area contributed by atoms with Gasteiger partial charge in [0.2, 0.25) is 0 Å². The van der Waals surface area contributed by atoms with Crippen LogP contribution in [0.5, 0.6) is 11.5 Å². The largest absolute Gasteiger partial charge is 0.493 e. The minimum Gasteiger partial charge on any atom is -0.493 e. The molecule has 3 aromatic rings. The quantitative estimate of drug-likeness (QED) is 0.259. The SMILES string of the molecule is COc1cc(/C=C2/C(=N)N3C(c4ccccc4)=CSC3=NC2=O)ccc1OC(=O)c1ccc(Cl)cc1. The minimum absolute atomic E-state index is 0.0299. The Hall–Kier alpha value is -4.14. The third-order valence-corrected chi connectivity index (χ3v) is 6.54. The van der Waals surface area contributed by atoms with Crippen LogP contribution in [0, 0.1) is 5.41 Å². The molecule has 36 heavy (non-hydrogen) atoms. The van der Waals surface area contributed by atoms with Crippen molar-refractivity contribution in [2.24, 2.45) is 4.99 Å². The Kier molecular flexibility index (Phi) is 6.45. The standard InChI is InChI=1S/C27H18ClN3O4S/c1-34-23-14-16(7-12-22(23)35-26(33)18-8-10-19(28)11-9-18)13-20-24(29)31-21(17-5-3-2-4-6-17)15-36-27(31)30-25(20)32/h2-15,29H,1H3/b20-13-,29-24?. The summed E-state index contributed by atoms with van der Waals surface area (Å²) in [5, 5.41) is 11.6. The van der Waals surface area contributed by atoms with Crippen LogP contribution in [0.15, 0.2) is 88.8 Å². The van der Waals surface area contributed by atoms with Crippen LogP contribution < -0.4 is 9.47 Å². The zero-order valence-corrected chi connectivity index (χ0v) is 20.5. The summed E-state index contributed by atoms with van der Waals surface area (Å²) in [6, 6.07) is 20.9. The number of fused-ring (bicyclic) bond motifs is 1. The number of nitrogens with zero attached hydrogens (tertiary/aromatic N) is 2. The highest BCUT2D eigenvalue weighted by Gasteiger charge is 2.36. The predicted octanol–water partition coefficient (Wildman–Crippen LogP) is 5.87. The molecular formula is C27H18ClN3O4S. The van der Waals surface area contributed by atoms with Crippen LogP contribution in [-0.2, 0) is 4.79 Å². The molecule has 0 unspecified atom stereocenters. The molecule has 0 saturated carbocycles. The van der Waals surface area contributed by atoms with E-state index in [1.165, 1.54) is 18.9 Å². The first-order valence-corrected chi connectivity index (χ1v) is 12.0. The molecule has 178 valence electrons. The maximum Gasteiger partial charge on any atom is 0.343 e. The van der Waals surface area contributed by atoms with Gasteiger partial charge in [-0.1, -0.05) is 59.8 Å². The van der Waals surface area contributed by atoms with Gasteiger partial charge in [0.1, 0.15) is 5.84 Å². The van der Waals surface area contributed by atoms with Crippen molar-refractivity contribution in [1.82, 2.24) is 4.90 Å². The Morgan fingerprint density at radius 3 is 2.53 bits per heavy atom. The van der Waals surface area contributed by atoms with Crippen LogP contribution >= 0.6 is 23.4 Å². The molecule has 1 amide bonds. The smallest absolute Gasteiger partial charge is 0.343 e. The number of methoxy groups -OCH3 is 1. The zero-order chi connectivity index (χ0) is 25.2. The molecule has 3 aromatic carbocycles. The Balaban J connectivity index is 1.42. The first kappa shape index (κ1) is 23.6. The highest BCUT2D eigenvalue weighted by molar-refractivity contribution is 8.17. The third-order valence-electron chi connectivity index (χ3n) is 5.47. The molecule has 2 heterocycles. The molecule has 7 nitrogen and oxygen atoms in total. The normalized spacial score (nSPS) is 15.9. The molecule has 0 atom stereocenters. The van der Waals surface area contributed by atoms with E-state index in [0.29, 0.717) is 27.1 Å².